The number of carbonyl (C=O) groups excluding carboxylic acids is 1. The molecule has 1 heterocycles. The lowest BCUT2D eigenvalue weighted by molar-refractivity contribution is -0.116. The van der Waals surface area contributed by atoms with Crippen LogP contribution in [0.25, 0.3) is 0 Å². The van der Waals surface area contributed by atoms with Crippen LogP contribution in [0.1, 0.15) is 32.3 Å². The molecule has 0 unspecified atom stereocenters. The number of aromatic nitrogens is 1. The molecule has 4 nitrogen and oxygen atoms in total. The van der Waals surface area contributed by atoms with Crippen LogP contribution in [0.4, 0.5) is 11.5 Å². The minimum Gasteiger partial charge on any atom is -0.353 e. The molecule has 1 N–H and O–H groups in total. The Morgan fingerprint density at radius 2 is 1.91 bits per heavy atom. The largest absolute Gasteiger partial charge is 0.353 e. The van der Waals surface area contributed by atoms with E-state index in [-0.39, 0.29) is 5.91 Å². The van der Waals surface area contributed by atoms with E-state index < -0.39 is 0 Å². The fourth-order valence-corrected chi connectivity index (χ4v) is 2.26. The average molecular weight is 297 g/mol. The summed E-state index contributed by atoms with van der Waals surface area (Å²) >= 11 is 0. The summed E-state index contributed by atoms with van der Waals surface area (Å²) in [7, 11) is 0. The highest BCUT2D eigenvalue weighted by atomic mass is 16.1. The molecule has 1 aromatic heterocycles. The van der Waals surface area contributed by atoms with Crippen molar-refractivity contribution in [3.8, 4) is 0 Å². The van der Waals surface area contributed by atoms with Gasteiger partial charge in [0.05, 0.1) is 11.9 Å². The normalized spacial score (nSPS) is 10.3. The van der Waals surface area contributed by atoms with E-state index in [1.54, 1.807) is 6.20 Å². The number of amides is 1. The van der Waals surface area contributed by atoms with Crippen molar-refractivity contribution in [3.63, 3.8) is 0 Å². The second kappa shape index (κ2) is 8.17. The molecule has 1 amide bonds. The van der Waals surface area contributed by atoms with Crippen molar-refractivity contribution < 1.29 is 4.79 Å². The van der Waals surface area contributed by atoms with Crippen LogP contribution in [-0.2, 0) is 11.3 Å². The van der Waals surface area contributed by atoms with Crippen LogP contribution >= 0.6 is 0 Å². The molecule has 0 bridgehead atoms. The molecule has 0 radical (unpaired) electrons. The van der Waals surface area contributed by atoms with Gasteiger partial charge in [0.2, 0.25) is 5.91 Å². The van der Waals surface area contributed by atoms with Gasteiger partial charge in [-0.05, 0) is 31.0 Å². The number of rotatable bonds is 7. The van der Waals surface area contributed by atoms with E-state index in [4.69, 9.17) is 0 Å². The summed E-state index contributed by atoms with van der Waals surface area (Å²) in [4.78, 5) is 18.3. The number of carbonyl (C=O) groups is 1. The molecular weight excluding hydrogens is 274 g/mol. The molecule has 0 aliphatic rings. The molecule has 0 saturated carbocycles. The standard InChI is InChI=1S/C18H23N3O/c1-3-8-18(22)20-16-11-12-17(19-13-16)21(4-2)14-15-9-6-5-7-10-15/h5-7,9-13H,3-4,8,14H2,1-2H3,(H,20,22). The molecule has 0 atom stereocenters. The van der Waals surface area contributed by atoms with Gasteiger partial charge in [0.25, 0.3) is 0 Å². The average Bonchev–Trinajstić information content (AvgIpc) is 2.55. The van der Waals surface area contributed by atoms with Gasteiger partial charge < -0.3 is 10.2 Å². The molecule has 0 spiro atoms. The van der Waals surface area contributed by atoms with Crippen LogP contribution in [0.5, 0.6) is 0 Å². The maximum atomic E-state index is 11.6. The lowest BCUT2D eigenvalue weighted by Crippen LogP contribution is -2.23. The van der Waals surface area contributed by atoms with Crippen LogP contribution in [0.2, 0.25) is 0 Å². The highest BCUT2D eigenvalue weighted by Gasteiger charge is 2.07. The van der Waals surface area contributed by atoms with Gasteiger partial charge in [-0.3, -0.25) is 4.79 Å². The molecule has 0 aliphatic carbocycles. The fraction of sp³-hybridized carbons (Fsp3) is 0.333. The van der Waals surface area contributed by atoms with Crippen LogP contribution in [0.15, 0.2) is 48.7 Å². The third-order valence-electron chi connectivity index (χ3n) is 3.43. The first-order valence-electron chi connectivity index (χ1n) is 7.77. The predicted octanol–water partition coefficient (Wildman–Crippen LogP) is 3.85. The van der Waals surface area contributed by atoms with E-state index in [0.717, 1.165) is 31.0 Å². The smallest absolute Gasteiger partial charge is 0.224 e. The Morgan fingerprint density at radius 3 is 2.50 bits per heavy atom. The number of pyridine rings is 1. The van der Waals surface area contributed by atoms with Crippen LogP contribution < -0.4 is 10.2 Å². The summed E-state index contributed by atoms with van der Waals surface area (Å²) < 4.78 is 0. The van der Waals surface area contributed by atoms with Gasteiger partial charge in [-0.25, -0.2) is 4.98 Å². The van der Waals surface area contributed by atoms with Crippen LogP contribution in [0.3, 0.4) is 0 Å². The van der Waals surface area contributed by atoms with Crippen LogP contribution in [0, 0.1) is 0 Å². The fourth-order valence-electron chi connectivity index (χ4n) is 2.26. The second-order valence-corrected chi connectivity index (χ2v) is 5.20. The van der Waals surface area contributed by atoms with Gasteiger partial charge in [-0.1, -0.05) is 37.3 Å². The Bertz CT molecular complexity index is 581. The van der Waals surface area contributed by atoms with E-state index >= 15 is 0 Å². The van der Waals surface area contributed by atoms with Gasteiger partial charge in [0.15, 0.2) is 0 Å². The number of hydrogen-bond donors (Lipinski definition) is 1. The third kappa shape index (κ3) is 4.58. The van der Waals surface area contributed by atoms with Crippen molar-refractivity contribution >= 4 is 17.4 Å². The molecule has 0 fully saturated rings. The van der Waals surface area contributed by atoms with Crippen molar-refractivity contribution in [1.29, 1.82) is 0 Å². The van der Waals surface area contributed by atoms with E-state index in [9.17, 15) is 4.79 Å². The van der Waals surface area contributed by atoms with Crippen molar-refractivity contribution in [2.24, 2.45) is 0 Å². The maximum absolute atomic E-state index is 11.6. The molecular formula is C18H23N3O. The van der Waals surface area contributed by atoms with Crippen molar-refractivity contribution in [3.05, 3.63) is 54.2 Å². The number of hydrogen-bond acceptors (Lipinski definition) is 3. The number of nitrogens with zero attached hydrogens (tertiary/aromatic N) is 2. The highest BCUT2D eigenvalue weighted by Crippen LogP contribution is 2.17. The van der Waals surface area contributed by atoms with Crippen molar-refractivity contribution in [2.45, 2.75) is 33.2 Å². The Hall–Kier alpha value is -2.36. The SMILES string of the molecule is CCCC(=O)Nc1ccc(N(CC)Cc2ccccc2)nc1. The Labute approximate surface area is 132 Å². The molecule has 4 heteroatoms. The lowest BCUT2D eigenvalue weighted by atomic mass is 10.2. The topological polar surface area (TPSA) is 45.2 Å². The Balaban J connectivity index is 2.02. The first kappa shape index (κ1) is 16.0. The zero-order chi connectivity index (χ0) is 15.8. The zero-order valence-electron chi connectivity index (χ0n) is 13.2. The maximum Gasteiger partial charge on any atom is 0.224 e. The zero-order valence-corrected chi connectivity index (χ0v) is 13.2. The lowest BCUT2D eigenvalue weighted by Gasteiger charge is -2.22. The number of anilines is 2. The van der Waals surface area contributed by atoms with E-state index in [1.165, 1.54) is 5.56 Å². The first-order valence-corrected chi connectivity index (χ1v) is 7.77. The molecule has 2 aromatic rings. The van der Waals surface area contributed by atoms with Crippen molar-refractivity contribution in [1.82, 2.24) is 4.98 Å². The summed E-state index contributed by atoms with van der Waals surface area (Å²) in [5.74, 6) is 0.952. The van der Waals surface area contributed by atoms with Gasteiger partial charge in [-0.15, -0.1) is 0 Å². The third-order valence-corrected chi connectivity index (χ3v) is 3.43. The summed E-state index contributed by atoms with van der Waals surface area (Å²) in [6.07, 6.45) is 3.10. The molecule has 116 valence electrons. The van der Waals surface area contributed by atoms with Crippen LogP contribution in [-0.4, -0.2) is 17.4 Å². The monoisotopic (exact) mass is 297 g/mol. The van der Waals surface area contributed by atoms with Gasteiger partial charge in [-0.2, -0.15) is 0 Å². The second-order valence-electron chi connectivity index (χ2n) is 5.20. The van der Waals surface area contributed by atoms with E-state index in [2.05, 4.69) is 34.3 Å². The Morgan fingerprint density at radius 1 is 1.14 bits per heavy atom. The van der Waals surface area contributed by atoms with Gasteiger partial charge in [0, 0.05) is 19.5 Å². The summed E-state index contributed by atoms with van der Waals surface area (Å²) in [5.41, 5.74) is 2.00. The van der Waals surface area contributed by atoms with E-state index in [1.807, 2.05) is 37.3 Å². The highest BCUT2D eigenvalue weighted by molar-refractivity contribution is 5.90. The summed E-state index contributed by atoms with van der Waals surface area (Å²) in [6.45, 7) is 5.81. The first-order chi connectivity index (χ1) is 10.7. The minimum atomic E-state index is 0.0358. The summed E-state index contributed by atoms with van der Waals surface area (Å²) in [5, 5.41) is 2.86. The van der Waals surface area contributed by atoms with E-state index in [0.29, 0.717) is 6.42 Å². The summed E-state index contributed by atoms with van der Waals surface area (Å²) in [6, 6.07) is 14.2. The number of nitrogens with one attached hydrogen (secondary N) is 1. The van der Waals surface area contributed by atoms with Gasteiger partial charge in [0.1, 0.15) is 5.82 Å². The quantitative estimate of drug-likeness (QED) is 0.844. The predicted molar refractivity (Wildman–Crippen MR) is 90.9 cm³/mol. The molecule has 0 aliphatic heterocycles. The number of benzene rings is 1. The van der Waals surface area contributed by atoms with Crippen molar-refractivity contribution in [2.75, 3.05) is 16.8 Å². The molecule has 1 aromatic carbocycles. The minimum absolute atomic E-state index is 0.0358. The molecule has 0 saturated heterocycles. The van der Waals surface area contributed by atoms with Gasteiger partial charge >= 0.3 is 0 Å². The Kier molecular flexibility index (Phi) is 5.95. The molecule has 2 rings (SSSR count). The molecule has 22 heavy (non-hydrogen) atoms.